The maximum atomic E-state index is 13.5. The van der Waals surface area contributed by atoms with Gasteiger partial charge in [0, 0.05) is 23.6 Å². The molecule has 2 aromatic rings. The summed E-state index contributed by atoms with van der Waals surface area (Å²) in [6.45, 7) is 0. The molecule has 0 aromatic heterocycles. The highest BCUT2D eigenvalue weighted by molar-refractivity contribution is 7.90. The van der Waals surface area contributed by atoms with Crippen LogP contribution in [0.5, 0.6) is 0 Å². The maximum Gasteiger partial charge on any atom is 0.175 e. The van der Waals surface area contributed by atoms with E-state index in [1.807, 2.05) is 0 Å². The smallest absolute Gasteiger partial charge is 0.175 e. The predicted octanol–water partition coefficient (Wildman–Crippen LogP) is 3.60. The zero-order valence-electron chi connectivity index (χ0n) is 11.8. The molecule has 0 fully saturated rings. The lowest BCUT2D eigenvalue weighted by Crippen LogP contribution is -2.04. The summed E-state index contributed by atoms with van der Waals surface area (Å²) < 4.78 is 36.5. The van der Waals surface area contributed by atoms with E-state index in [1.54, 1.807) is 18.2 Å². The Morgan fingerprint density at radius 3 is 2.27 bits per heavy atom. The number of aldehydes is 1. The van der Waals surface area contributed by atoms with Crippen molar-refractivity contribution in [1.82, 2.24) is 0 Å². The van der Waals surface area contributed by atoms with Gasteiger partial charge in [-0.15, -0.1) is 0 Å². The average Bonchev–Trinajstić information content (AvgIpc) is 2.43. The molecule has 0 aliphatic rings. The van der Waals surface area contributed by atoms with Gasteiger partial charge in [-0.3, -0.25) is 0 Å². The fraction of sp³-hybridized carbons (Fsp3) is 0.188. The van der Waals surface area contributed by atoms with Crippen LogP contribution >= 0.6 is 11.6 Å². The van der Waals surface area contributed by atoms with Gasteiger partial charge in [0.25, 0.3) is 0 Å². The van der Waals surface area contributed by atoms with E-state index >= 15 is 0 Å². The Balaban J connectivity index is 2.45. The van der Waals surface area contributed by atoms with Gasteiger partial charge in [-0.05, 0) is 41.5 Å². The van der Waals surface area contributed by atoms with Crippen molar-refractivity contribution in [3.05, 3.63) is 64.4 Å². The van der Waals surface area contributed by atoms with E-state index in [4.69, 9.17) is 11.6 Å². The molecule has 6 heteroatoms. The molecule has 2 aromatic carbocycles. The summed E-state index contributed by atoms with van der Waals surface area (Å²) in [6.07, 6.45) is 2.02. The maximum absolute atomic E-state index is 13.5. The third-order valence-electron chi connectivity index (χ3n) is 3.33. The van der Waals surface area contributed by atoms with E-state index < -0.39 is 15.7 Å². The lowest BCUT2D eigenvalue weighted by atomic mass is 9.89. The monoisotopic (exact) mass is 340 g/mol. The van der Waals surface area contributed by atoms with Crippen LogP contribution in [-0.4, -0.2) is 21.0 Å². The van der Waals surface area contributed by atoms with Gasteiger partial charge in [-0.1, -0.05) is 23.7 Å². The average molecular weight is 341 g/mol. The second-order valence-electron chi connectivity index (χ2n) is 5.00. The SMILES string of the molecule is CS(=O)(=O)c1ccc(C(CC=O)c2cc(F)cc(Cl)c2)cc1. The molecule has 0 aliphatic carbocycles. The Hall–Kier alpha value is -1.72. The second kappa shape index (κ2) is 6.58. The summed E-state index contributed by atoms with van der Waals surface area (Å²) in [5, 5.41) is 0.249. The highest BCUT2D eigenvalue weighted by Crippen LogP contribution is 2.30. The van der Waals surface area contributed by atoms with Crippen LogP contribution in [0, 0.1) is 5.82 Å². The van der Waals surface area contributed by atoms with Crippen LogP contribution in [-0.2, 0) is 14.6 Å². The van der Waals surface area contributed by atoms with Gasteiger partial charge in [0.15, 0.2) is 9.84 Å². The van der Waals surface area contributed by atoms with Crippen molar-refractivity contribution in [2.75, 3.05) is 6.26 Å². The van der Waals surface area contributed by atoms with Gasteiger partial charge >= 0.3 is 0 Å². The van der Waals surface area contributed by atoms with Crippen LogP contribution in [0.3, 0.4) is 0 Å². The van der Waals surface area contributed by atoms with Gasteiger partial charge in [-0.25, -0.2) is 12.8 Å². The summed E-state index contributed by atoms with van der Waals surface area (Å²) in [5.41, 5.74) is 1.30. The van der Waals surface area contributed by atoms with E-state index in [-0.39, 0.29) is 22.3 Å². The molecule has 0 spiro atoms. The first kappa shape index (κ1) is 16.6. The Bertz CT molecular complexity index is 765. The molecule has 3 nitrogen and oxygen atoms in total. The Morgan fingerprint density at radius 1 is 1.14 bits per heavy atom. The third kappa shape index (κ3) is 3.93. The number of rotatable bonds is 5. The van der Waals surface area contributed by atoms with Gasteiger partial charge in [0.05, 0.1) is 4.90 Å². The van der Waals surface area contributed by atoms with Crippen molar-refractivity contribution in [2.45, 2.75) is 17.2 Å². The standard InChI is InChI=1S/C16H14ClFO3S/c1-22(20,21)15-4-2-11(3-5-15)16(6-7-19)12-8-13(17)10-14(18)9-12/h2-5,7-10,16H,6H2,1H3. The fourth-order valence-corrected chi connectivity index (χ4v) is 3.15. The Labute approximate surface area is 133 Å². The molecule has 1 atom stereocenters. The van der Waals surface area contributed by atoms with Crippen molar-refractivity contribution in [1.29, 1.82) is 0 Å². The van der Waals surface area contributed by atoms with Crippen LogP contribution in [0.25, 0.3) is 0 Å². The normalized spacial score (nSPS) is 12.9. The zero-order valence-corrected chi connectivity index (χ0v) is 13.4. The van der Waals surface area contributed by atoms with Crippen LogP contribution in [0.15, 0.2) is 47.4 Å². The first-order valence-corrected chi connectivity index (χ1v) is 8.78. The lowest BCUT2D eigenvalue weighted by molar-refractivity contribution is -0.108. The predicted molar refractivity (Wildman–Crippen MR) is 83.5 cm³/mol. The fourth-order valence-electron chi connectivity index (χ4n) is 2.28. The molecule has 1 unspecified atom stereocenters. The van der Waals surface area contributed by atoms with Crippen LogP contribution in [0.4, 0.5) is 4.39 Å². The minimum Gasteiger partial charge on any atom is -0.303 e. The summed E-state index contributed by atoms with van der Waals surface area (Å²) >= 11 is 5.86. The first-order valence-electron chi connectivity index (χ1n) is 6.51. The lowest BCUT2D eigenvalue weighted by Gasteiger charge is -2.16. The molecule has 116 valence electrons. The zero-order chi connectivity index (χ0) is 16.3. The van der Waals surface area contributed by atoms with E-state index in [2.05, 4.69) is 0 Å². The van der Waals surface area contributed by atoms with Crippen molar-refractivity contribution >= 4 is 27.7 Å². The van der Waals surface area contributed by atoms with Crippen molar-refractivity contribution in [3.8, 4) is 0 Å². The van der Waals surface area contributed by atoms with Crippen molar-refractivity contribution < 1.29 is 17.6 Å². The number of carbonyl (C=O) groups is 1. The molecule has 0 saturated heterocycles. The second-order valence-corrected chi connectivity index (χ2v) is 7.45. The molecule has 0 bridgehead atoms. The first-order chi connectivity index (χ1) is 10.3. The number of carbonyl (C=O) groups excluding carboxylic acids is 1. The quantitative estimate of drug-likeness (QED) is 0.781. The minimum absolute atomic E-state index is 0.151. The number of halogens is 2. The highest BCUT2D eigenvalue weighted by Gasteiger charge is 2.16. The summed E-state index contributed by atoms with van der Waals surface area (Å²) in [5.74, 6) is -0.856. The number of hydrogen-bond donors (Lipinski definition) is 0. The largest absolute Gasteiger partial charge is 0.303 e. The molecule has 0 radical (unpaired) electrons. The molecule has 0 saturated carbocycles. The molecule has 0 aliphatic heterocycles. The van der Waals surface area contributed by atoms with Crippen LogP contribution in [0.1, 0.15) is 23.5 Å². The number of hydrogen-bond acceptors (Lipinski definition) is 3. The molecule has 22 heavy (non-hydrogen) atoms. The molecule has 0 heterocycles. The van der Waals surface area contributed by atoms with E-state index in [1.165, 1.54) is 24.3 Å². The molecular weight excluding hydrogens is 327 g/mol. The summed E-state index contributed by atoms with van der Waals surface area (Å²) in [6, 6.07) is 10.3. The Kier molecular flexibility index (Phi) is 4.98. The number of benzene rings is 2. The molecule has 0 N–H and O–H groups in total. The highest BCUT2D eigenvalue weighted by atomic mass is 35.5. The van der Waals surface area contributed by atoms with Gasteiger partial charge in [-0.2, -0.15) is 0 Å². The third-order valence-corrected chi connectivity index (χ3v) is 4.68. The molecule has 0 amide bonds. The summed E-state index contributed by atoms with van der Waals surface area (Å²) in [4.78, 5) is 11.1. The van der Waals surface area contributed by atoms with E-state index in [0.29, 0.717) is 5.56 Å². The van der Waals surface area contributed by atoms with Gasteiger partial charge in [0.1, 0.15) is 12.1 Å². The van der Waals surface area contributed by atoms with Crippen molar-refractivity contribution in [3.63, 3.8) is 0 Å². The topological polar surface area (TPSA) is 51.2 Å². The van der Waals surface area contributed by atoms with Crippen LogP contribution in [0.2, 0.25) is 5.02 Å². The Morgan fingerprint density at radius 2 is 1.77 bits per heavy atom. The van der Waals surface area contributed by atoms with Crippen LogP contribution < -0.4 is 0 Å². The minimum atomic E-state index is -3.29. The molecular formula is C16H14ClFO3S. The number of sulfone groups is 1. The van der Waals surface area contributed by atoms with Gasteiger partial charge in [0.2, 0.25) is 0 Å². The van der Waals surface area contributed by atoms with E-state index in [0.717, 1.165) is 18.1 Å². The van der Waals surface area contributed by atoms with Gasteiger partial charge < -0.3 is 4.79 Å². The van der Waals surface area contributed by atoms with E-state index in [9.17, 15) is 17.6 Å². The molecule has 2 rings (SSSR count). The van der Waals surface area contributed by atoms with Crippen molar-refractivity contribution in [2.24, 2.45) is 0 Å². The summed E-state index contributed by atoms with van der Waals surface area (Å²) in [7, 11) is -3.29.